The third kappa shape index (κ3) is 4.37. The molecule has 1 unspecified atom stereocenters. The third-order valence-electron chi connectivity index (χ3n) is 3.46. The zero-order valence-corrected chi connectivity index (χ0v) is 12.3. The van der Waals surface area contributed by atoms with E-state index in [1.807, 2.05) is 25.1 Å². The van der Waals surface area contributed by atoms with Gasteiger partial charge in [-0.1, -0.05) is 6.07 Å². The number of rotatable bonds is 6. The van der Waals surface area contributed by atoms with Crippen molar-refractivity contribution in [1.29, 1.82) is 0 Å². The Hall–Kier alpha value is -1.30. The predicted molar refractivity (Wildman–Crippen MR) is 79.5 cm³/mol. The number of methoxy groups -OCH3 is 1. The van der Waals surface area contributed by atoms with E-state index in [0.29, 0.717) is 13.1 Å². The Morgan fingerprint density at radius 2 is 2.15 bits per heavy atom. The number of nitrogens with zero attached hydrogens (tertiary/aromatic N) is 1. The fraction of sp³-hybridized carbons (Fsp3) is 0.600. The molecule has 0 aliphatic carbocycles. The summed E-state index contributed by atoms with van der Waals surface area (Å²) in [4.78, 5) is 2.23. The topological polar surface area (TPSA) is 54.0 Å². The molecule has 1 aliphatic heterocycles. The van der Waals surface area contributed by atoms with E-state index in [4.69, 9.17) is 9.47 Å². The maximum atomic E-state index is 10.1. The second-order valence-corrected chi connectivity index (χ2v) is 5.15. The largest absolute Gasteiger partial charge is 0.495 e. The molecule has 1 atom stereocenters. The second-order valence-electron chi connectivity index (χ2n) is 5.15. The molecule has 1 aromatic rings. The molecule has 0 saturated carbocycles. The highest BCUT2D eigenvalue weighted by molar-refractivity contribution is 5.58. The van der Waals surface area contributed by atoms with E-state index in [0.717, 1.165) is 43.3 Å². The number of β-amino-alcohol motifs (C(OH)–C–C–N with tert-alkyl or cyclic N) is 1. The molecule has 5 nitrogen and oxygen atoms in total. The summed E-state index contributed by atoms with van der Waals surface area (Å²) in [6.45, 7) is 6.52. The average Bonchev–Trinajstić information content (AvgIpc) is 2.46. The first-order valence-corrected chi connectivity index (χ1v) is 7.05. The minimum Gasteiger partial charge on any atom is -0.495 e. The quantitative estimate of drug-likeness (QED) is 0.817. The second kappa shape index (κ2) is 7.47. The van der Waals surface area contributed by atoms with E-state index >= 15 is 0 Å². The van der Waals surface area contributed by atoms with Crippen molar-refractivity contribution >= 4 is 5.69 Å². The van der Waals surface area contributed by atoms with Gasteiger partial charge in [-0.15, -0.1) is 0 Å². The molecule has 2 N–H and O–H groups in total. The number of aryl methyl sites for hydroxylation is 1. The van der Waals surface area contributed by atoms with Crippen LogP contribution in [-0.4, -0.2) is 62.6 Å². The highest BCUT2D eigenvalue weighted by Gasteiger charge is 2.15. The minimum atomic E-state index is -0.404. The van der Waals surface area contributed by atoms with Gasteiger partial charge in [-0.3, -0.25) is 4.90 Å². The molecule has 1 aromatic carbocycles. The molecule has 2 rings (SSSR count). The molecule has 1 saturated heterocycles. The summed E-state index contributed by atoms with van der Waals surface area (Å²) in [5, 5.41) is 13.4. The average molecular weight is 280 g/mol. The zero-order valence-electron chi connectivity index (χ0n) is 12.3. The van der Waals surface area contributed by atoms with Gasteiger partial charge in [-0.05, 0) is 24.6 Å². The number of morpholine rings is 1. The summed E-state index contributed by atoms with van der Waals surface area (Å²) in [7, 11) is 1.65. The van der Waals surface area contributed by atoms with Crippen LogP contribution in [0.4, 0.5) is 5.69 Å². The Bertz CT molecular complexity index is 420. The lowest BCUT2D eigenvalue weighted by Crippen LogP contribution is -2.42. The standard InChI is InChI=1S/C15H24N2O3/c1-12-3-4-15(19-2)14(9-12)16-10-13(18)11-17-5-7-20-8-6-17/h3-4,9,13,16,18H,5-8,10-11H2,1-2H3. The van der Waals surface area contributed by atoms with Crippen molar-refractivity contribution in [3.8, 4) is 5.75 Å². The third-order valence-corrected chi connectivity index (χ3v) is 3.46. The number of nitrogens with one attached hydrogen (secondary N) is 1. The first-order valence-electron chi connectivity index (χ1n) is 7.05. The number of hydrogen-bond acceptors (Lipinski definition) is 5. The van der Waals surface area contributed by atoms with Gasteiger partial charge in [0.1, 0.15) is 5.75 Å². The SMILES string of the molecule is COc1ccc(C)cc1NCC(O)CN1CCOCC1. The Morgan fingerprint density at radius 3 is 2.85 bits per heavy atom. The van der Waals surface area contributed by atoms with Gasteiger partial charge in [0.05, 0.1) is 32.1 Å². The van der Waals surface area contributed by atoms with Crippen molar-refractivity contribution in [2.75, 3.05) is 51.8 Å². The highest BCUT2D eigenvalue weighted by atomic mass is 16.5. The molecule has 1 fully saturated rings. The van der Waals surface area contributed by atoms with Gasteiger partial charge in [0, 0.05) is 26.2 Å². The van der Waals surface area contributed by atoms with Crippen LogP contribution in [0.2, 0.25) is 0 Å². The summed E-state index contributed by atoms with van der Waals surface area (Å²) >= 11 is 0. The van der Waals surface area contributed by atoms with Gasteiger partial charge in [0.15, 0.2) is 0 Å². The van der Waals surface area contributed by atoms with Crippen molar-refractivity contribution in [3.05, 3.63) is 23.8 Å². The van der Waals surface area contributed by atoms with E-state index in [1.54, 1.807) is 7.11 Å². The minimum absolute atomic E-state index is 0.404. The summed E-state index contributed by atoms with van der Waals surface area (Å²) in [6, 6.07) is 5.97. The Balaban J connectivity index is 1.83. The van der Waals surface area contributed by atoms with Crippen molar-refractivity contribution in [2.24, 2.45) is 0 Å². The number of anilines is 1. The van der Waals surface area contributed by atoms with Gasteiger partial charge in [-0.25, -0.2) is 0 Å². The number of aliphatic hydroxyl groups excluding tert-OH is 1. The van der Waals surface area contributed by atoms with Crippen LogP contribution in [0.5, 0.6) is 5.75 Å². The molecule has 5 heteroatoms. The molecule has 1 aliphatic rings. The molecular weight excluding hydrogens is 256 g/mol. The van der Waals surface area contributed by atoms with E-state index in [1.165, 1.54) is 0 Å². The van der Waals surface area contributed by atoms with E-state index in [9.17, 15) is 5.11 Å². The Morgan fingerprint density at radius 1 is 1.40 bits per heavy atom. The molecule has 0 aromatic heterocycles. The van der Waals surface area contributed by atoms with E-state index < -0.39 is 6.10 Å². The van der Waals surface area contributed by atoms with Crippen LogP contribution in [-0.2, 0) is 4.74 Å². The maximum absolute atomic E-state index is 10.1. The molecule has 20 heavy (non-hydrogen) atoms. The normalized spacial score (nSPS) is 17.8. The molecule has 0 spiro atoms. The van der Waals surface area contributed by atoms with Gasteiger partial charge >= 0.3 is 0 Å². The maximum Gasteiger partial charge on any atom is 0.141 e. The predicted octanol–water partition coefficient (Wildman–Crippen LogP) is 1.11. The van der Waals surface area contributed by atoms with Crippen molar-refractivity contribution in [1.82, 2.24) is 4.90 Å². The van der Waals surface area contributed by atoms with Crippen LogP contribution in [0, 0.1) is 6.92 Å². The lowest BCUT2D eigenvalue weighted by molar-refractivity contribution is 0.0171. The van der Waals surface area contributed by atoms with Crippen molar-refractivity contribution in [3.63, 3.8) is 0 Å². The summed E-state index contributed by atoms with van der Waals surface area (Å²) < 4.78 is 10.6. The molecule has 0 bridgehead atoms. The number of hydrogen-bond donors (Lipinski definition) is 2. The Labute approximate surface area is 120 Å². The molecular formula is C15H24N2O3. The lowest BCUT2D eigenvalue weighted by Gasteiger charge is -2.28. The number of aliphatic hydroxyl groups is 1. The van der Waals surface area contributed by atoms with Gasteiger partial charge in [0.25, 0.3) is 0 Å². The number of benzene rings is 1. The summed E-state index contributed by atoms with van der Waals surface area (Å²) in [5.74, 6) is 0.800. The van der Waals surface area contributed by atoms with E-state index in [-0.39, 0.29) is 0 Å². The van der Waals surface area contributed by atoms with Crippen LogP contribution in [0.1, 0.15) is 5.56 Å². The first kappa shape index (κ1) is 15.1. The molecule has 112 valence electrons. The molecule has 0 radical (unpaired) electrons. The van der Waals surface area contributed by atoms with E-state index in [2.05, 4.69) is 10.2 Å². The first-order chi connectivity index (χ1) is 9.69. The lowest BCUT2D eigenvalue weighted by atomic mass is 10.2. The fourth-order valence-electron chi connectivity index (χ4n) is 2.33. The van der Waals surface area contributed by atoms with Crippen molar-refractivity contribution < 1.29 is 14.6 Å². The zero-order chi connectivity index (χ0) is 14.4. The summed E-state index contributed by atoms with van der Waals surface area (Å²) in [5.41, 5.74) is 2.09. The smallest absolute Gasteiger partial charge is 0.141 e. The van der Waals surface area contributed by atoms with Crippen LogP contribution in [0.25, 0.3) is 0 Å². The fourth-order valence-corrected chi connectivity index (χ4v) is 2.33. The van der Waals surface area contributed by atoms with Gasteiger partial charge < -0.3 is 19.9 Å². The monoisotopic (exact) mass is 280 g/mol. The van der Waals surface area contributed by atoms with Crippen LogP contribution in [0.3, 0.4) is 0 Å². The summed E-state index contributed by atoms with van der Waals surface area (Å²) in [6.07, 6.45) is -0.404. The highest BCUT2D eigenvalue weighted by Crippen LogP contribution is 2.25. The molecule has 0 amide bonds. The van der Waals surface area contributed by atoms with Crippen LogP contribution in [0.15, 0.2) is 18.2 Å². The van der Waals surface area contributed by atoms with Crippen LogP contribution < -0.4 is 10.1 Å². The van der Waals surface area contributed by atoms with Crippen LogP contribution >= 0.6 is 0 Å². The van der Waals surface area contributed by atoms with Gasteiger partial charge in [-0.2, -0.15) is 0 Å². The van der Waals surface area contributed by atoms with Gasteiger partial charge in [0.2, 0.25) is 0 Å². The molecule has 1 heterocycles. The Kier molecular flexibility index (Phi) is 5.64. The number of ether oxygens (including phenoxy) is 2. The van der Waals surface area contributed by atoms with Crippen molar-refractivity contribution in [2.45, 2.75) is 13.0 Å².